The molecule has 4 rings (SSSR count). The van der Waals surface area contributed by atoms with Crippen molar-refractivity contribution in [1.29, 1.82) is 0 Å². The summed E-state index contributed by atoms with van der Waals surface area (Å²) in [5.41, 5.74) is 2.57. The van der Waals surface area contributed by atoms with Crippen LogP contribution in [0.1, 0.15) is 11.3 Å². The van der Waals surface area contributed by atoms with Gasteiger partial charge < -0.3 is 4.98 Å². The standard InChI is InChI=1S/C14H11N7O/c22-14-17-11-10(8-9-4-2-1-3-5-9)16-13(18-12(11)19-14)21-7-6-15-20-21/h1-7H,8H2,(H2,16,17,18,19,22). The Morgan fingerprint density at radius 1 is 1.09 bits per heavy atom. The molecule has 3 heterocycles. The van der Waals surface area contributed by atoms with Gasteiger partial charge in [0.25, 0.3) is 5.95 Å². The van der Waals surface area contributed by atoms with Crippen LogP contribution in [0.4, 0.5) is 0 Å². The molecule has 0 spiro atoms. The lowest BCUT2D eigenvalue weighted by molar-refractivity contribution is 0.753. The van der Waals surface area contributed by atoms with Gasteiger partial charge in [0, 0.05) is 6.42 Å². The number of H-pyrrole nitrogens is 2. The van der Waals surface area contributed by atoms with Gasteiger partial charge in [0.05, 0.1) is 18.1 Å². The molecule has 2 N–H and O–H groups in total. The zero-order chi connectivity index (χ0) is 14.9. The van der Waals surface area contributed by atoms with Crippen molar-refractivity contribution in [1.82, 2.24) is 34.9 Å². The minimum Gasteiger partial charge on any atom is -0.303 e. The molecule has 4 aromatic rings. The average Bonchev–Trinajstić information content (AvgIpc) is 3.16. The van der Waals surface area contributed by atoms with E-state index in [1.165, 1.54) is 4.68 Å². The van der Waals surface area contributed by atoms with Gasteiger partial charge in [0.2, 0.25) is 0 Å². The number of hydrogen-bond acceptors (Lipinski definition) is 5. The smallest absolute Gasteiger partial charge is 0.303 e. The van der Waals surface area contributed by atoms with E-state index in [0.29, 0.717) is 23.5 Å². The van der Waals surface area contributed by atoms with Crippen LogP contribution < -0.4 is 5.69 Å². The maximum absolute atomic E-state index is 11.6. The first-order valence-electron chi connectivity index (χ1n) is 6.69. The first kappa shape index (κ1) is 12.5. The highest BCUT2D eigenvalue weighted by Gasteiger charge is 2.13. The molecule has 0 aliphatic carbocycles. The maximum Gasteiger partial charge on any atom is 0.325 e. The lowest BCUT2D eigenvalue weighted by atomic mass is 10.1. The topological polar surface area (TPSA) is 105 Å². The third-order valence-corrected chi connectivity index (χ3v) is 3.28. The third-order valence-electron chi connectivity index (χ3n) is 3.28. The monoisotopic (exact) mass is 293 g/mol. The predicted octanol–water partition coefficient (Wildman–Crippen LogP) is 0.818. The molecule has 3 aromatic heterocycles. The Morgan fingerprint density at radius 2 is 1.95 bits per heavy atom. The van der Waals surface area contributed by atoms with E-state index in [4.69, 9.17) is 0 Å². The van der Waals surface area contributed by atoms with Gasteiger partial charge in [0.1, 0.15) is 5.52 Å². The molecule has 0 atom stereocenters. The highest BCUT2D eigenvalue weighted by atomic mass is 16.1. The SMILES string of the molecule is O=c1[nH]c2nc(-n3ccnn3)nc(Cc3ccccc3)c2[nH]1. The summed E-state index contributed by atoms with van der Waals surface area (Å²) in [6, 6.07) is 9.90. The Bertz CT molecular complexity index is 970. The number of nitrogens with zero attached hydrogens (tertiary/aromatic N) is 5. The van der Waals surface area contributed by atoms with E-state index in [1.54, 1.807) is 12.4 Å². The minimum absolute atomic E-state index is 0.311. The van der Waals surface area contributed by atoms with Crippen LogP contribution in [0.3, 0.4) is 0 Å². The second kappa shape index (κ2) is 4.92. The van der Waals surface area contributed by atoms with E-state index in [1.807, 2.05) is 30.3 Å². The fourth-order valence-corrected chi connectivity index (χ4v) is 2.30. The summed E-state index contributed by atoms with van der Waals surface area (Å²) in [6.07, 6.45) is 3.78. The summed E-state index contributed by atoms with van der Waals surface area (Å²) >= 11 is 0. The van der Waals surface area contributed by atoms with Crippen LogP contribution >= 0.6 is 0 Å². The normalized spacial score (nSPS) is 11.1. The van der Waals surface area contributed by atoms with Crippen molar-refractivity contribution in [3.8, 4) is 5.95 Å². The van der Waals surface area contributed by atoms with Gasteiger partial charge in [-0.2, -0.15) is 9.67 Å². The number of imidazole rings is 1. The first-order valence-corrected chi connectivity index (χ1v) is 6.69. The zero-order valence-corrected chi connectivity index (χ0v) is 11.4. The van der Waals surface area contributed by atoms with E-state index >= 15 is 0 Å². The van der Waals surface area contributed by atoms with Gasteiger partial charge in [-0.05, 0) is 5.56 Å². The van der Waals surface area contributed by atoms with Crippen LogP contribution in [-0.4, -0.2) is 34.9 Å². The van der Waals surface area contributed by atoms with Gasteiger partial charge in [-0.1, -0.05) is 35.5 Å². The number of nitrogens with one attached hydrogen (secondary N) is 2. The fourth-order valence-electron chi connectivity index (χ4n) is 2.30. The molecule has 0 amide bonds. The van der Waals surface area contributed by atoms with Crippen LogP contribution in [0.15, 0.2) is 47.5 Å². The lowest BCUT2D eigenvalue weighted by Gasteiger charge is -2.05. The van der Waals surface area contributed by atoms with Gasteiger partial charge in [-0.25, -0.2) is 9.78 Å². The summed E-state index contributed by atoms with van der Waals surface area (Å²) in [4.78, 5) is 25.8. The molecule has 0 aliphatic rings. The van der Waals surface area contributed by atoms with Crippen molar-refractivity contribution in [3.63, 3.8) is 0 Å². The van der Waals surface area contributed by atoms with E-state index < -0.39 is 0 Å². The second-order valence-electron chi connectivity index (χ2n) is 4.78. The summed E-state index contributed by atoms with van der Waals surface area (Å²) in [7, 11) is 0. The Morgan fingerprint density at radius 3 is 2.73 bits per heavy atom. The number of hydrogen-bond donors (Lipinski definition) is 2. The maximum atomic E-state index is 11.6. The van der Waals surface area contributed by atoms with Crippen LogP contribution in [-0.2, 0) is 6.42 Å². The number of aromatic nitrogens is 7. The molecule has 0 aliphatic heterocycles. The lowest BCUT2D eigenvalue weighted by Crippen LogP contribution is -2.06. The third kappa shape index (κ3) is 2.16. The van der Waals surface area contributed by atoms with Crippen molar-refractivity contribution in [3.05, 3.63) is 64.5 Å². The molecule has 8 nitrogen and oxygen atoms in total. The van der Waals surface area contributed by atoms with Gasteiger partial charge in [-0.15, -0.1) is 5.10 Å². The van der Waals surface area contributed by atoms with Crippen LogP contribution in [0.2, 0.25) is 0 Å². The molecule has 108 valence electrons. The number of benzene rings is 1. The van der Waals surface area contributed by atoms with Crippen LogP contribution in [0.25, 0.3) is 17.1 Å². The molecular formula is C14H11N7O. The Labute approximate surface area is 123 Å². The molecular weight excluding hydrogens is 282 g/mol. The summed E-state index contributed by atoms with van der Waals surface area (Å²) in [6.45, 7) is 0. The van der Waals surface area contributed by atoms with Gasteiger partial charge in [-0.3, -0.25) is 4.98 Å². The minimum atomic E-state index is -0.311. The Kier molecular flexibility index (Phi) is 2.78. The highest BCUT2D eigenvalue weighted by molar-refractivity contribution is 5.73. The van der Waals surface area contributed by atoms with Crippen LogP contribution in [0.5, 0.6) is 0 Å². The number of rotatable bonds is 3. The van der Waals surface area contributed by atoms with Crippen molar-refractivity contribution in [2.24, 2.45) is 0 Å². The first-order chi connectivity index (χ1) is 10.8. The van der Waals surface area contributed by atoms with Crippen molar-refractivity contribution >= 4 is 11.2 Å². The van der Waals surface area contributed by atoms with Gasteiger partial charge in [0.15, 0.2) is 5.65 Å². The van der Waals surface area contributed by atoms with E-state index in [9.17, 15) is 4.79 Å². The molecule has 22 heavy (non-hydrogen) atoms. The summed E-state index contributed by atoms with van der Waals surface area (Å²) in [5.74, 6) is 0.367. The molecule has 0 saturated heterocycles. The largest absolute Gasteiger partial charge is 0.325 e. The molecule has 0 bridgehead atoms. The molecule has 0 unspecified atom stereocenters. The Balaban J connectivity index is 1.89. The van der Waals surface area contributed by atoms with Gasteiger partial charge >= 0.3 is 5.69 Å². The second-order valence-corrected chi connectivity index (χ2v) is 4.78. The number of fused-ring (bicyclic) bond motifs is 1. The molecule has 8 heteroatoms. The molecule has 0 radical (unpaired) electrons. The summed E-state index contributed by atoms with van der Waals surface area (Å²) < 4.78 is 1.46. The fraction of sp³-hybridized carbons (Fsp3) is 0.0714. The molecule has 1 aromatic carbocycles. The Hall–Kier alpha value is -3.29. The molecule has 0 fully saturated rings. The zero-order valence-electron chi connectivity index (χ0n) is 11.4. The van der Waals surface area contributed by atoms with E-state index in [2.05, 4.69) is 30.2 Å². The van der Waals surface area contributed by atoms with E-state index in [-0.39, 0.29) is 5.69 Å². The van der Waals surface area contributed by atoms with Crippen molar-refractivity contribution in [2.75, 3.05) is 0 Å². The molecule has 0 saturated carbocycles. The van der Waals surface area contributed by atoms with Crippen molar-refractivity contribution in [2.45, 2.75) is 6.42 Å². The predicted molar refractivity (Wildman–Crippen MR) is 78.7 cm³/mol. The quantitative estimate of drug-likeness (QED) is 0.581. The van der Waals surface area contributed by atoms with E-state index in [0.717, 1.165) is 11.3 Å². The average molecular weight is 293 g/mol. The highest BCUT2D eigenvalue weighted by Crippen LogP contribution is 2.15. The van der Waals surface area contributed by atoms with Crippen molar-refractivity contribution < 1.29 is 0 Å². The van der Waals surface area contributed by atoms with Crippen LogP contribution in [0, 0.1) is 0 Å². The number of aromatic amines is 2. The summed E-state index contributed by atoms with van der Waals surface area (Å²) in [5, 5.41) is 7.64.